The molecule has 1 fully saturated rings. The van der Waals surface area contributed by atoms with Crippen LogP contribution in [0.4, 0.5) is 0 Å². The maximum atomic E-state index is 5.76. The van der Waals surface area contributed by atoms with Gasteiger partial charge in [0.1, 0.15) is 0 Å². The lowest BCUT2D eigenvalue weighted by Crippen LogP contribution is -2.48. The number of rotatable bonds is 7. The highest BCUT2D eigenvalue weighted by Crippen LogP contribution is 2.17. The third-order valence-corrected chi connectivity index (χ3v) is 3.39. The number of ether oxygens (including phenoxy) is 1. The Bertz CT molecular complexity index is 167. The average Bonchev–Trinajstić information content (AvgIpc) is 2.30. The van der Waals surface area contributed by atoms with E-state index in [1.165, 1.54) is 32.2 Å². The van der Waals surface area contributed by atoms with E-state index in [4.69, 9.17) is 4.74 Å². The van der Waals surface area contributed by atoms with E-state index >= 15 is 0 Å². The first-order valence-corrected chi connectivity index (χ1v) is 6.82. The van der Waals surface area contributed by atoms with Crippen LogP contribution >= 0.6 is 0 Å². The number of nitrogens with one attached hydrogen (secondary N) is 1. The molecule has 1 N–H and O–H groups in total. The standard InChI is InChI=1S/C13H28N2O/c1-4-7-12(10-14-3)15-9-6-8-13(11-15)16-5-2/h12-14H,4-11H2,1-3H3. The molecular weight excluding hydrogens is 200 g/mol. The molecule has 1 heterocycles. The van der Waals surface area contributed by atoms with Crippen molar-refractivity contribution < 1.29 is 4.74 Å². The molecule has 0 aromatic carbocycles. The Morgan fingerprint density at radius 1 is 1.44 bits per heavy atom. The number of hydrogen-bond acceptors (Lipinski definition) is 3. The minimum atomic E-state index is 0.468. The van der Waals surface area contributed by atoms with Crippen molar-refractivity contribution in [3.8, 4) is 0 Å². The van der Waals surface area contributed by atoms with E-state index in [2.05, 4.69) is 24.1 Å². The third-order valence-electron chi connectivity index (χ3n) is 3.39. The first-order chi connectivity index (χ1) is 7.81. The van der Waals surface area contributed by atoms with E-state index in [1.54, 1.807) is 0 Å². The van der Waals surface area contributed by atoms with Crippen molar-refractivity contribution in [2.75, 3.05) is 33.3 Å². The van der Waals surface area contributed by atoms with Gasteiger partial charge in [-0.05, 0) is 39.8 Å². The Labute approximate surface area is 101 Å². The van der Waals surface area contributed by atoms with Gasteiger partial charge in [-0.15, -0.1) is 0 Å². The van der Waals surface area contributed by atoms with Crippen LogP contribution < -0.4 is 5.32 Å². The van der Waals surface area contributed by atoms with Crippen LogP contribution in [0.25, 0.3) is 0 Å². The fourth-order valence-corrected chi connectivity index (χ4v) is 2.65. The van der Waals surface area contributed by atoms with Gasteiger partial charge in [-0.3, -0.25) is 4.90 Å². The van der Waals surface area contributed by atoms with Gasteiger partial charge in [-0.1, -0.05) is 13.3 Å². The first-order valence-electron chi connectivity index (χ1n) is 6.82. The van der Waals surface area contributed by atoms with Gasteiger partial charge in [0.2, 0.25) is 0 Å². The fraction of sp³-hybridized carbons (Fsp3) is 1.00. The molecule has 0 bridgehead atoms. The number of nitrogens with zero attached hydrogens (tertiary/aromatic N) is 1. The van der Waals surface area contributed by atoms with E-state index in [0.29, 0.717) is 12.1 Å². The van der Waals surface area contributed by atoms with Gasteiger partial charge in [0.05, 0.1) is 6.10 Å². The van der Waals surface area contributed by atoms with Gasteiger partial charge in [0.25, 0.3) is 0 Å². The summed E-state index contributed by atoms with van der Waals surface area (Å²) in [4.78, 5) is 2.61. The van der Waals surface area contributed by atoms with Gasteiger partial charge in [0.15, 0.2) is 0 Å². The van der Waals surface area contributed by atoms with Crippen LogP contribution in [0.15, 0.2) is 0 Å². The summed E-state index contributed by atoms with van der Waals surface area (Å²) in [6, 6.07) is 0.693. The number of hydrogen-bond donors (Lipinski definition) is 1. The molecule has 0 radical (unpaired) electrons. The van der Waals surface area contributed by atoms with Crippen LogP contribution in [0.5, 0.6) is 0 Å². The lowest BCUT2D eigenvalue weighted by Gasteiger charge is -2.38. The highest BCUT2D eigenvalue weighted by Gasteiger charge is 2.25. The molecule has 16 heavy (non-hydrogen) atoms. The quantitative estimate of drug-likeness (QED) is 0.720. The second kappa shape index (κ2) is 8.04. The van der Waals surface area contributed by atoms with Crippen molar-refractivity contribution in [2.24, 2.45) is 0 Å². The predicted molar refractivity (Wildman–Crippen MR) is 68.8 cm³/mol. The number of piperidine rings is 1. The summed E-state index contributed by atoms with van der Waals surface area (Å²) >= 11 is 0. The molecular formula is C13H28N2O. The molecule has 1 aliphatic rings. The Balaban J connectivity index is 2.42. The molecule has 1 aliphatic heterocycles. The average molecular weight is 228 g/mol. The monoisotopic (exact) mass is 228 g/mol. The van der Waals surface area contributed by atoms with Crippen LogP contribution in [0, 0.1) is 0 Å². The second-order valence-electron chi connectivity index (χ2n) is 4.71. The highest BCUT2D eigenvalue weighted by molar-refractivity contribution is 4.80. The summed E-state index contributed by atoms with van der Waals surface area (Å²) in [6.07, 6.45) is 5.55. The van der Waals surface area contributed by atoms with Gasteiger partial charge < -0.3 is 10.1 Å². The molecule has 0 aromatic heterocycles. The Kier molecular flexibility index (Phi) is 7.01. The van der Waals surface area contributed by atoms with E-state index in [1.807, 2.05) is 7.05 Å². The van der Waals surface area contributed by atoms with Crippen LogP contribution in [0.2, 0.25) is 0 Å². The Morgan fingerprint density at radius 2 is 2.25 bits per heavy atom. The van der Waals surface area contributed by atoms with Gasteiger partial charge in [0, 0.05) is 25.7 Å². The fourth-order valence-electron chi connectivity index (χ4n) is 2.65. The number of likely N-dealkylation sites (tertiary alicyclic amines) is 1. The summed E-state index contributed by atoms with van der Waals surface area (Å²) in [5.41, 5.74) is 0. The van der Waals surface area contributed by atoms with Gasteiger partial charge in [-0.25, -0.2) is 0 Å². The molecule has 2 unspecified atom stereocenters. The smallest absolute Gasteiger partial charge is 0.0702 e. The van der Waals surface area contributed by atoms with Crippen molar-refractivity contribution in [3.05, 3.63) is 0 Å². The van der Waals surface area contributed by atoms with Gasteiger partial charge in [-0.2, -0.15) is 0 Å². The Morgan fingerprint density at radius 3 is 2.88 bits per heavy atom. The molecule has 3 nitrogen and oxygen atoms in total. The topological polar surface area (TPSA) is 24.5 Å². The maximum absolute atomic E-state index is 5.76. The Hall–Kier alpha value is -0.120. The van der Waals surface area contributed by atoms with E-state index in [0.717, 1.165) is 19.7 Å². The molecule has 1 rings (SSSR count). The van der Waals surface area contributed by atoms with Crippen LogP contribution in [-0.2, 0) is 4.74 Å². The van der Waals surface area contributed by atoms with Crippen LogP contribution in [0.3, 0.4) is 0 Å². The molecule has 0 saturated carbocycles. The summed E-state index contributed by atoms with van der Waals surface area (Å²) < 4.78 is 5.76. The van der Waals surface area contributed by atoms with Crippen molar-refractivity contribution in [2.45, 2.75) is 51.7 Å². The first kappa shape index (κ1) is 13.9. The molecule has 2 atom stereocenters. The van der Waals surface area contributed by atoms with Crippen molar-refractivity contribution >= 4 is 0 Å². The zero-order valence-electron chi connectivity index (χ0n) is 11.2. The normalized spacial score (nSPS) is 24.6. The SMILES string of the molecule is CCCC(CNC)N1CCCC(OCC)C1. The van der Waals surface area contributed by atoms with E-state index in [9.17, 15) is 0 Å². The zero-order chi connectivity index (χ0) is 11.8. The second-order valence-corrected chi connectivity index (χ2v) is 4.71. The minimum Gasteiger partial charge on any atom is -0.377 e. The zero-order valence-corrected chi connectivity index (χ0v) is 11.2. The van der Waals surface area contributed by atoms with Crippen LogP contribution in [-0.4, -0.2) is 50.3 Å². The van der Waals surface area contributed by atoms with Crippen molar-refractivity contribution in [3.63, 3.8) is 0 Å². The molecule has 1 saturated heterocycles. The van der Waals surface area contributed by atoms with E-state index in [-0.39, 0.29) is 0 Å². The molecule has 0 aliphatic carbocycles. The van der Waals surface area contributed by atoms with E-state index < -0.39 is 0 Å². The summed E-state index contributed by atoms with van der Waals surface area (Å²) in [7, 11) is 2.05. The summed E-state index contributed by atoms with van der Waals surface area (Å²) in [5.74, 6) is 0. The summed E-state index contributed by atoms with van der Waals surface area (Å²) in [6.45, 7) is 8.69. The molecule has 96 valence electrons. The number of likely N-dealkylation sites (N-methyl/N-ethyl adjacent to an activating group) is 1. The lowest BCUT2D eigenvalue weighted by atomic mass is 10.0. The molecule has 3 heteroatoms. The highest BCUT2D eigenvalue weighted by atomic mass is 16.5. The largest absolute Gasteiger partial charge is 0.377 e. The lowest BCUT2D eigenvalue weighted by molar-refractivity contribution is -0.00819. The van der Waals surface area contributed by atoms with Crippen molar-refractivity contribution in [1.82, 2.24) is 10.2 Å². The molecule has 0 spiro atoms. The summed E-state index contributed by atoms with van der Waals surface area (Å²) in [5, 5.41) is 3.31. The third kappa shape index (κ3) is 4.40. The molecule has 0 aromatic rings. The predicted octanol–water partition coefficient (Wildman–Crippen LogP) is 1.88. The molecule has 0 amide bonds. The van der Waals surface area contributed by atoms with Crippen LogP contribution in [0.1, 0.15) is 39.5 Å². The maximum Gasteiger partial charge on any atom is 0.0702 e. The van der Waals surface area contributed by atoms with Gasteiger partial charge >= 0.3 is 0 Å². The van der Waals surface area contributed by atoms with Crippen molar-refractivity contribution in [1.29, 1.82) is 0 Å². The minimum absolute atomic E-state index is 0.468.